The number of rotatable bonds is 3. The van der Waals surface area contributed by atoms with Crippen molar-refractivity contribution in [1.29, 1.82) is 0 Å². The van der Waals surface area contributed by atoms with Gasteiger partial charge in [0.2, 0.25) is 10.0 Å². The molecule has 2 fully saturated rings. The van der Waals surface area contributed by atoms with Crippen LogP contribution < -0.4 is 0 Å². The van der Waals surface area contributed by atoms with E-state index in [-0.39, 0.29) is 5.41 Å². The second-order valence-electron chi connectivity index (χ2n) is 5.37. The molecule has 2 saturated heterocycles. The van der Waals surface area contributed by atoms with Crippen molar-refractivity contribution in [2.45, 2.75) is 26.2 Å². The number of hydrogen-bond donors (Lipinski definition) is 0. The Hall–Kier alpha value is -0.130. The first-order valence-corrected chi connectivity index (χ1v) is 7.97. The average Bonchev–Trinajstić information content (AvgIpc) is 2.75. The van der Waals surface area contributed by atoms with E-state index in [0.29, 0.717) is 0 Å². The van der Waals surface area contributed by atoms with Gasteiger partial charge in [0.15, 0.2) is 0 Å². The molecule has 0 aromatic carbocycles. The first-order chi connectivity index (χ1) is 7.45. The van der Waals surface area contributed by atoms with Gasteiger partial charge in [-0.1, -0.05) is 6.92 Å². The maximum Gasteiger partial charge on any atom is 0.211 e. The molecule has 2 aliphatic heterocycles. The van der Waals surface area contributed by atoms with E-state index in [0.717, 1.165) is 39.1 Å². The lowest BCUT2D eigenvalue weighted by Gasteiger charge is -2.24. The van der Waals surface area contributed by atoms with Crippen LogP contribution in [0.25, 0.3) is 0 Å². The summed E-state index contributed by atoms with van der Waals surface area (Å²) < 4.78 is 24.6. The lowest BCUT2D eigenvalue weighted by atomic mass is 9.87. The monoisotopic (exact) mass is 246 g/mol. The summed E-state index contributed by atoms with van der Waals surface area (Å²) in [6, 6.07) is 0. The fourth-order valence-corrected chi connectivity index (χ4v) is 3.98. The third-order valence-corrected chi connectivity index (χ3v) is 5.18. The molecule has 1 spiro atoms. The van der Waals surface area contributed by atoms with E-state index >= 15 is 0 Å². The van der Waals surface area contributed by atoms with Crippen LogP contribution in [-0.2, 0) is 10.0 Å². The van der Waals surface area contributed by atoms with Crippen LogP contribution in [0.5, 0.6) is 0 Å². The Morgan fingerprint density at radius 2 is 1.88 bits per heavy atom. The zero-order valence-electron chi connectivity index (χ0n) is 10.3. The van der Waals surface area contributed by atoms with Gasteiger partial charge < -0.3 is 4.90 Å². The normalized spacial score (nSPS) is 32.9. The van der Waals surface area contributed by atoms with Crippen LogP contribution in [0.15, 0.2) is 0 Å². The second-order valence-corrected chi connectivity index (χ2v) is 7.36. The van der Waals surface area contributed by atoms with Crippen LogP contribution in [0.4, 0.5) is 0 Å². The van der Waals surface area contributed by atoms with Crippen molar-refractivity contribution in [3.05, 3.63) is 0 Å². The molecule has 2 aliphatic rings. The Labute approximate surface area is 98.7 Å². The smallest absolute Gasteiger partial charge is 0.211 e. The maximum absolute atomic E-state index is 11.5. The molecule has 0 aliphatic carbocycles. The van der Waals surface area contributed by atoms with Gasteiger partial charge in [0.25, 0.3) is 0 Å². The van der Waals surface area contributed by atoms with Crippen LogP contribution in [0.2, 0.25) is 0 Å². The van der Waals surface area contributed by atoms with Crippen molar-refractivity contribution in [2.24, 2.45) is 5.41 Å². The van der Waals surface area contributed by atoms with E-state index in [1.807, 2.05) is 0 Å². The Morgan fingerprint density at radius 1 is 1.19 bits per heavy atom. The molecule has 0 saturated carbocycles. The van der Waals surface area contributed by atoms with Crippen molar-refractivity contribution < 1.29 is 8.42 Å². The number of likely N-dealkylation sites (tertiary alicyclic amines) is 1. The van der Waals surface area contributed by atoms with Crippen molar-refractivity contribution in [2.75, 3.05) is 39.0 Å². The molecule has 1 atom stereocenters. The van der Waals surface area contributed by atoms with E-state index in [4.69, 9.17) is 0 Å². The van der Waals surface area contributed by atoms with Crippen molar-refractivity contribution in [3.8, 4) is 0 Å². The molecule has 4 nitrogen and oxygen atoms in total. The summed E-state index contributed by atoms with van der Waals surface area (Å²) in [5.74, 6) is 0. The SMILES string of the molecule is CCCN1CCC2(CCN(S(C)(=O)=O)C2)C1. The highest BCUT2D eigenvalue weighted by atomic mass is 32.2. The largest absolute Gasteiger partial charge is 0.303 e. The fourth-order valence-electron chi connectivity index (χ4n) is 3.05. The van der Waals surface area contributed by atoms with Gasteiger partial charge in [-0.05, 0) is 37.8 Å². The minimum absolute atomic E-state index is 0.262. The van der Waals surface area contributed by atoms with Crippen LogP contribution in [-0.4, -0.2) is 56.6 Å². The highest BCUT2D eigenvalue weighted by Gasteiger charge is 2.45. The second kappa shape index (κ2) is 4.27. The van der Waals surface area contributed by atoms with Gasteiger partial charge in [-0.3, -0.25) is 0 Å². The minimum atomic E-state index is -2.98. The molecule has 16 heavy (non-hydrogen) atoms. The topological polar surface area (TPSA) is 40.6 Å². The molecule has 2 rings (SSSR count). The lowest BCUT2D eigenvalue weighted by Crippen LogP contribution is -2.33. The Bertz CT molecular complexity index is 355. The molecule has 0 bridgehead atoms. The van der Waals surface area contributed by atoms with E-state index in [9.17, 15) is 8.42 Å². The lowest BCUT2D eigenvalue weighted by molar-refractivity contribution is 0.266. The summed E-state index contributed by atoms with van der Waals surface area (Å²) in [7, 11) is -2.98. The minimum Gasteiger partial charge on any atom is -0.303 e. The molecule has 0 radical (unpaired) electrons. The fraction of sp³-hybridized carbons (Fsp3) is 1.00. The van der Waals surface area contributed by atoms with Gasteiger partial charge in [-0.15, -0.1) is 0 Å². The first kappa shape index (κ1) is 12.3. The number of nitrogens with zero attached hydrogens (tertiary/aromatic N) is 2. The van der Waals surface area contributed by atoms with Gasteiger partial charge in [0.05, 0.1) is 6.26 Å². The molecule has 0 amide bonds. The van der Waals surface area contributed by atoms with E-state index in [1.54, 1.807) is 4.31 Å². The molecular formula is C11H22N2O2S. The molecule has 94 valence electrons. The van der Waals surface area contributed by atoms with Crippen LogP contribution in [0.3, 0.4) is 0 Å². The summed E-state index contributed by atoms with van der Waals surface area (Å²) >= 11 is 0. The summed E-state index contributed by atoms with van der Waals surface area (Å²) in [4.78, 5) is 2.48. The van der Waals surface area contributed by atoms with Crippen LogP contribution in [0, 0.1) is 5.41 Å². The van der Waals surface area contributed by atoms with Crippen LogP contribution >= 0.6 is 0 Å². The van der Waals surface area contributed by atoms with E-state index < -0.39 is 10.0 Å². The third kappa shape index (κ3) is 2.41. The van der Waals surface area contributed by atoms with Gasteiger partial charge in [0.1, 0.15) is 0 Å². The third-order valence-electron chi connectivity index (χ3n) is 3.93. The van der Waals surface area contributed by atoms with Crippen LogP contribution in [0.1, 0.15) is 26.2 Å². The van der Waals surface area contributed by atoms with Crippen molar-refractivity contribution in [3.63, 3.8) is 0 Å². The average molecular weight is 246 g/mol. The zero-order chi connectivity index (χ0) is 11.8. The predicted octanol–water partition coefficient (Wildman–Crippen LogP) is 0.754. The molecular weight excluding hydrogens is 224 g/mol. The quantitative estimate of drug-likeness (QED) is 0.738. The highest BCUT2D eigenvalue weighted by Crippen LogP contribution is 2.40. The van der Waals surface area contributed by atoms with Gasteiger partial charge >= 0.3 is 0 Å². The van der Waals surface area contributed by atoms with Crippen molar-refractivity contribution in [1.82, 2.24) is 9.21 Å². The standard InChI is InChI=1S/C11H22N2O2S/c1-3-6-12-7-4-11(9-12)5-8-13(10-11)16(2,14)15/h3-10H2,1-2H3. The molecule has 0 aromatic heterocycles. The summed E-state index contributed by atoms with van der Waals surface area (Å²) in [5, 5.41) is 0. The molecule has 0 aromatic rings. The van der Waals surface area contributed by atoms with Crippen molar-refractivity contribution >= 4 is 10.0 Å². The van der Waals surface area contributed by atoms with E-state index in [2.05, 4.69) is 11.8 Å². The van der Waals surface area contributed by atoms with Gasteiger partial charge in [-0.25, -0.2) is 12.7 Å². The van der Waals surface area contributed by atoms with E-state index in [1.165, 1.54) is 19.1 Å². The first-order valence-electron chi connectivity index (χ1n) is 6.13. The Morgan fingerprint density at radius 3 is 2.44 bits per heavy atom. The van der Waals surface area contributed by atoms with Gasteiger partial charge in [0, 0.05) is 19.6 Å². The maximum atomic E-state index is 11.5. The Balaban J connectivity index is 1.98. The zero-order valence-corrected chi connectivity index (χ0v) is 11.1. The summed E-state index contributed by atoms with van der Waals surface area (Å²) in [6.07, 6.45) is 4.72. The molecule has 0 N–H and O–H groups in total. The number of sulfonamides is 1. The predicted molar refractivity (Wildman–Crippen MR) is 64.8 cm³/mol. The number of hydrogen-bond acceptors (Lipinski definition) is 3. The molecule has 1 unspecified atom stereocenters. The van der Waals surface area contributed by atoms with Gasteiger partial charge in [-0.2, -0.15) is 0 Å². The summed E-state index contributed by atoms with van der Waals surface area (Å²) in [6.45, 7) is 7.05. The summed E-state index contributed by atoms with van der Waals surface area (Å²) in [5.41, 5.74) is 0.262. The molecule has 2 heterocycles. The Kier molecular flexibility index (Phi) is 3.29. The highest BCUT2D eigenvalue weighted by molar-refractivity contribution is 7.88. The molecule has 5 heteroatoms.